The van der Waals surface area contributed by atoms with Gasteiger partial charge in [0.1, 0.15) is 12.2 Å². The fourth-order valence-electron chi connectivity index (χ4n) is 1.97. The lowest BCUT2D eigenvalue weighted by molar-refractivity contribution is -0.116. The number of hydrogen-bond acceptors (Lipinski definition) is 3. The van der Waals surface area contributed by atoms with Gasteiger partial charge in [0.25, 0.3) is 5.91 Å². The number of halogens is 1. The molecular formula is C15H17ClN4O2. The number of nitrogens with zero attached hydrogens (tertiary/aromatic N) is 2. The van der Waals surface area contributed by atoms with E-state index in [1.807, 2.05) is 6.92 Å². The first-order valence-corrected chi connectivity index (χ1v) is 7.32. The van der Waals surface area contributed by atoms with Crippen molar-refractivity contribution in [2.24, 2.45) is 0 Å². The molecule has 0 radical (unpaired) electrons. The highest BCUT2D eigenvalue weighted by Gasteiger charge is 2.19. The zero-order valence-corrected chi connectivity index (χ0v) is 12.9. The van der Waals surface area contributed by atoms with Crippen molar-refractivity contribution < 1.29 is 9.59 Å². The Morgan fingerprint density at radius 2 is 2.00 bits per heavy atom. The number of aromatic amines is 1. The van der Waals surface area contributed by atoms with Crippen molar-refractivity contribution in [1.82, 2.24) is 15.1 Å². The van der Waals surface area contributed by atoms with Crippen molar-refractivity contribution in [2.75, 3.05) is 18.4 Å². The first-order valence-electron chi connectivity index (χ1n) is 6.94. The maximum Gasteiger partial charge on any atom is 0.272 e. The van der Waals surface area contributed by atoms with Gasteiger partial charge in [0, 0.05) is 23.5 Å². The molecule has 1 aromatic carbocycles. The number of anilines is 1. The fraction of sp³-hybridized carbons (Fsp3) is 0.267. The number of carbonyl (C=O) groups excluding carboxylic acids is 2. The van der Waals surface area contributed by atoms with Crippen molar-refractivity contribution in [1.29, 1.82) is 0 Å². The highest BCUT2D eigenvalue weighted by atomic mass is 35.5. The van der Waals surface area contributed by atoms with Crippen LogP contribution < -0.4 is 5.32 Å². The van der Waals surface area contributed by atoms with Crippen molar-refractivity contribution in [3.63, 3.8) is 0 Å². The summed E-state index contributed by atoms with van der Waals surface area (Å²) in [6.45, 7) is 2.42. The summed E-state index contributed by atoms with van der Waals surface area (Å²) in [6, 6.07) is 8.39. The largest absolute Gasteiger partial charge is 0.328 e. The van der Waals surface area contributed by atoms with Crippen molar-refractivity contribution in [3.8, 4) is 0 Å². The second kappa shape index (κ2) is 7.61. The van der Waals surface area contributed by atoms with Crippen LogP contribution in [0.15, 0.2) is 36.5 Å². The fourth-order valence-corrected chi connectivity index (χ4v) is 2.10. The average Bonchev–Trinajstić information content (AvgIpc) is 3.03. The lowest BCUT2D eigenvalue weighted by Gasteiger charge is -2.20. The predicted octanol–water partition coefficient (Wildman–Crippen LogP) is 2.55. The topological polar surface area (TPSA) is 78.1 Å². The van der Waals surface area contributed by atoms with Crippen LogP contribution in [0.4, 0.5) is 5.69 Å². The lowest BCUT2D eigenvalue weighted by Crippen LogP contribution is -2.38. The minimum Gasteiger partial charge on any atom is -0.328 e. The van der Waals surface area contributed by atoms with Crippen LogP contribution in [0.3, 0.4) is 0 Å². The molecule has 0 aliphatic rings. The maximum absolute atomic E-state index is 12.3. The summed E-state index contributed by atoms with van der Waals surface area (Å²) in [5.74, 6) is -0.505. The maximum atomic E-state index is 12.3. The Kier molecular flexibility index (Phi) is 5.55. The summed E-state index contributed by atoms with van der Waals surface area (Å²) in [4.78, 5) is 25.9. The molecule has 0 aliphatic heterocycles. The molecule has 0 aliphatic carbocycles. The molecular weight excluding hydrogens is 304 g/mol. The number of benzene rings is 1. The molecule has 0 bridgehead atoms. The minimum atomic E-state index is -0.261. The van der Waals surface area contributed by atoms with Crippen LogP contribution in [-0.4, -0.2) is 40.0 Å². The van der Waals surface area contributed by atoms with Gasteiger partial charge in [0.05, 0.1) is 0 Å². The van der Waals surface area contributed by atoms with Crippen LogP contribution in [0.1, 0.15) is 23.8 Å². The summed E-state index contributed by atoms with van der Waals surface area (Å²) < 4.78 is 0. The van der Waals surface area contributed by atoms with Crippen LogP contribution in [0.2, 0.25) is 5.02 Å². The van der Waals surface area contributed by atoms with E-state index in [1.54, 1.807) is 30.3 Å². The van der Waals surface area contributed by atoms with Gasteiger partial charge in [-0.2, -0.15) is 5.10 Å². The van der Waals surface area contributed by atoms with E-state index in [-0.39, 0.29) is 18.4 Å². The van der Waals surface area contributed by atoms with E-state index in [2.05, 4.69) is 15.5 Å². The molecule has 2 aromatic rings. The van der Waals surface area contributed by atoms with Gasteiger partial charge in [-0.3, -0.25) is 14.7 Å². The first kappa shape index (κ1) is 16.0. The van der Waals surface area contributed by atoms with Gasteiger partial charge in [-0.1, -0.05) is 18.5 Å². The quantitative estimate of drug-likeness (QED) is 0.858. The van der Waals surface area contributed by atoms with Gasteiger partial charge < -0.3 is 10.2 Å². The van der Waals surface area contributed by atoms with Gasteiger partial charge >= 0.3 is 0 Å². The highest BCUT2D eigenvalue weighted by molar-refractivity contribution is 6.30. The highest BCUT2D eigenvalue weighted by Crippen LogP contribution is 2.13. The molecule has 2 rings (SSSR count). The van der Waals surface area contributed by atoms with Gasteiger partial charge in [-0.15, -0.1) is 0 Å². The van der Waals surface area contributed by atoms with E-state index in [0.717, 1.165) is 6.42 Å². The molecule has 2 amide bonds. The Morgan fingerprint density at radius 1 is 1.27 bits per heavy atom. The number of H-pyrrole nitrogens is 1. The molecule has 0 unspecified atom stereocenters. The van der Waals surface area contributed by atoms with Crippen molar-refractivity contribution in [2.45, 2.75) is 13.3 Å². The van der Waals surface area contributed by atoms with E-state index in [1.165, 1.54) is 11.1 Å². The predicted molar refractivity (Wildman–Crippen MR) is 84.9 cm³/mol. The van der Waals surface area contributed by atoms with E-state index >= 15 is 0 Å². The molecule has 1 heterocycles. The summed E-state index contributed by atoms with van der Waals surface area (Å²) in [5, 5.41) is 9.71. The summed E-state index contributed by atoms with van der Waals surface area (Å²) >= 11 is 5.80. The Bertz CT molecular complexity index is 626. The molecule has 0 fully saturated rings. The van der Waals surface area contributed by atoms with Crippen molar-refractivity contribution >= 4 is 29.1 Å². The summed E-state index contributed by atoms with van der Waals surface area (Å²) in [6.07, 6.45) is 2.26. The monoisotopic (exact) mass is 320 g/mol. The van der Waals surface area contributed by atoms with E-state index in [4.69, 9.17) is 11.6 Å². The number of amides is 2. The van der Waals surface area contributed by atoms with E-state index in [0.29, 0.717) is 22.9 Å². The third kappa shape index (κ3) is 4.33. The van der Waals surface area contributed by atoms with Crippen LogP contribution >= 0.6 is 11.6 Å². The zero-order valence-electron chi connectivity index (χ0n) is 12.2. The number of carbonyl (C=O) groups is 2. The van der Waals surface area contributed by atoms with Crippen LogP contribution in [-0.2, 0) is 4.79 Å². The number of rotatable bonds is 6. The van der Waals surface area contributed by atoms with E-state index in [9.17, 15) is 9.59 Å². The Labute approximate surface area is 133 Å². The van der Waals surface area contributed by atoms with Crippen LogP contribution in [0.5, 0.6) is 0 Å². The summed E-state index contributed by atoms with van der Waals surface area (Å²) in [7, 11) is 0. The molecule has 116 valence electrons. The number of hydrogen-bond donors (Lipinski definition) is 2. The Morgan fingerprint density at radius 3 is 2.59 bits per heavy atom. The molecule has 0 saturated heterocycles. The SMILES string of the molecule is CCCN(CC(=O)Nc1ccc(Cl)cc1)C(=O)c1ccn[nH]1. The van der Waals surface area contributed by atoms with Gasteiger partial charge in [0.15, 0.2) is 0 Å². The van der Waals surface area contributed by atoms with Gasteiger partial charge in [-0.25, -0.2) is 0 Å². The Balaban J connectivity index is 1.99. The molecule has 0 spiro atoms. The minimum absolute atomic E-state index is 0.0195. The van der Waals surface area contributed by atoms with E-state index < -0.39 is 0 Å². The summed E-state index contributed by atoms with van der Waals surface area (Å²) in [5.41, 5.74) is 1.01. The standard InChI is InChI=1S/C15H17ClN4O2/c1-2-9-20(15(22)13-7-8-17-19-13)10-14(21)18-12-5-3-11(16)4-6-12/h3-8H,2,9-10H2,1H3,(H,17,19)(H,18,21). The molecule has 1 aromatic heterocycles. The second-order valence-electron chi connectivity index (χ2n) is 4.75. The average molecular weight is 321 g/mol. The molecule has 0 atom stereocenters. The van der Waals surface area contributed by atoms with Crippen LogP contribution in [0.25, 0.3) is 0 Å². The molecule has 22 heavy (non-hydrogen) atoms. The second-order valence-corrected chi connectivity index (χ2v) is 5.19. The van der Waals surface area contributed by atoms with Gasteiger partial charge in [-0.05, 0) is 36.8 Å². The van der Waals surface area contributed by atoms with Crippen LogP contribution in [0, 0.1) is 0 Å². The molecule has 2 N–H and O–H groups in total. The smallest absolute Gasteiger partial charge is 0.272 e. The normalized spacial score (nSPS) is 10.3. The third-order valence-electron chi connectivity index (χ3n) is 2.97. The molecule has 6 nitrogen and oxygen atoms in total. The zero-order chi connectivity index (χ0) is 15.9. The Hall–Kier alpha value is -2.34. The molecule has 7 heteroatoms. The molecule has 0 saturated carbocycles. The lowest BCUT2D eigenvalue weighted by atomic mass is 10.3. The number of aromatic nitrogens is 2. The number of nitrogens with one attached hydrogen (secondary N) is 2. The van der Waals surface area contributed by atoms with Gasteiger partial charge in [0.2, 0.25) is 5.91 Å². The third-order valence-corrected chi connectivity index (χ3v) is 3.23. The van der Waals surface area contributed by atoms with Crippen molar-refractivity contribution in [3.05, 3.63) is 47.2 Å². The first-order chi connectivity index (χ1) is 10.6.